The van der Waals surface area contributed by atoms with Gasteiger partial charge in [-0.3, -0.25) is 4.79 Å². The van der Waals surface area contributed by atoms with Gasteiger partial charge in [-0.25, -0.2) is 0 Å². The number of hydrogen-bond acceptors (Lipinski definition) is 3. The van der Waals surface area contributed by atoms with Crippen molar-refractivity contribution in [2.75, 3.05) is 25.0 Å². The average Bonchev–Trinajstić information content (AvgIpc) is 2.75. The van der Waals surface area contributed by atoms with Crippen molar-refractivity contribution in [1.82, 2.24) is 5.32 Å². The molecule has 0 fully saturated rings. The Kier molecular flexibility index (Phi) is 17.1. The van der Waals surface area contributed by atoms with Gasteiger partial charge in [0.2, 0.25) is 5.91 Å². The molecule has 4 heteroatoms. The van der Waals surface area contributed by atoms with Crippen LogP contribution in [0.1, 0.15) is 104 Å². The van der Waals surface area contributed by atoms with E-state index in [1.54, 1.807) is 0 Å². The molecule has 0 aromatic heterocycles. The van der Waals surface area contributed by atoms with Crippen LogP contribution in [0.2, 0.25) is 0 Å². The number of unbranched alkanes of at least 4 members (excludes halogenated alkanes) is 13. The molecule has 0 atom stereocenters. The van der Waals surface area contributed by atoms with E-state index in [4.69, 9.17) is 4.74 Å². The lowest BCUT2D eigenvalue weighted by atomic mass is 10.0. The third kappa shape index (κ3) is 15.3. The zero-order chi connectivity index (χ0) is 21.7. The quantitative estimate of drug-likeness (QED) is 0.222. The predicted molar refractivity (Wildman–Crippen MR) is 129 cm³/mol. The Bertz CT molecular complexity index is 516. The lowest BCUT2D eigenvalue weighted by Gasteiger charge is -2.08. The normalized spacial score (nSPS) is 10.9. The van der Waals surface area contributed by atoms with Gasteiger partial charge in [-0.15, -0.1) is 0 Å². The maximum Gasteiger partial charge on any atom is 0.238 e. The highest BCUT2D eigenvalue weighted by atomic mass is 16.5. The maximum absolute atomic E-state index is 12.0. The van der Waals surface area contributed by atoms with Crippen molar-refractivity contribution in [2.24, 2.45) is 0 Å². The summed E-state index contributed by atoms with van der Waals surface area (Å²) < 4.78 is 5.40. The molecule has 172 valence electrons. The van der Waals surface area contributed by atoms with E-state index in [-0.39, 0.29) is 5.91 Å². The number of amides is 1. The zero-order valence-electron chi connectivity index (χ0n) is 19.6. The fourth-order valence-corrected chi connectivity index (χ4v) is 3.65. The number of carbonyl (C=O) groups is 1. The van der Waals surface area contributed by atoms with Gasteiger partial charge in [-0.05, 0) is 44.2 Å². The van der Waals surface area contributed by atoms with Crippen LogP contribution >= 0.6 is 0 Å². The molecule has 0 bridgehead atoms. The molecule has 1 rings (SSSR count). The standard InChI is InChI=1S/C26H46N2O2/c1-3-5-6-7-8-9-10-11-12-13-14-15-16-17-22-27-23-26(29)28-24-18-20-25(21-19-24)30-4-2/h18-21,27H,3-17,22-23H2,1-2H3,(H,28,29). The summed E-state index contributed by atoms with van der Waals surface area (Å²) in [6.07, 6.45) is 19.2. The molecule has 4 nitrogen and oxygen atoms in total. The van der Waals surface area contributed by atoms with Gasteiger partial charge in [-0.2, -0.15) is 0 Å². The van der Waals surface area contributed by atoms with Crippen molar-refractivity contribution in [2.45, 2.75) is 104 Å². The fourth-order valence-electron chi connectivity index (χ4n) is 3.65. The molecule has 0 saturated heterocycles. The summed E-state index contributed by atoms with van der Waals surface area (Å²) in [5, 5.41) is 6.15. The second-order valence-corrected chi connectivity index (χ2v) is 8.28. The van der Waals surface area contributed by atoms with Gasteiger partial charge in [0.25, 0.3) is 0 Å². The van der Waals surface area contributed by atoms with Gasteiger partial charge < -0.3 is 15.4 Å². The van der Waals surface area contributed by atoms with E-state index in [0.29, 0.717) is 13.2 Å². The Morgan fingerprint density at radius 2 is 1.23 bits per heavy atom. The van der Waals surface area contributed by atoms with Crippen LogP contribution in [0, 0.1) is 0 Å². The SMILES string of the molecule is CCCCCCCCCCCCCCCCNCC(=O)Nc1ccc(OCC)cc1. The molecule has 0 unspecified atom stereocenters. The Balaban J connectivity index is 1.84. The minimum absolute atomic E-state index is 0.00419. The molecule has 0 heterocycles. The smallest absolute Gasteiger partial charge is 0.238 e. The molecule has 0 aliphatic heterocycles. The van der Waals surface area contributed by atoms with Crippen molar-refractivity contribution < 1.29 is 9.53 Å². The zero-order valence-corrected chi connectivity index (χ0v) is 19.6. The first kappa shape index (κ1) is 26.5. The maximum atomic E-state index is 12.0. The van der Waals surface area contributed by atoms with Gasteiger partial charge in [0.05, 0.1) is 13.2 Å². The average molecular weight is 419 g/mol. The molecule has 1 aromatic rings. The first-order valence-electron chi connectivity index (χ1n) is 12.5. The third-order valence-electron chi connectivity index (χ3n) is 5.44. The number of nitrogens with one attached hydrogen (secondary N) is 2. The molecule has 0 aliphatic rings. The number of hydrogen-bond donors (Lipinski definition) is 2. The molecule has 1 amide bonds. The molecule has 2 N–H and O–H groups in total. The van der Waals surface area contributed by atoms with Crippen molar-refractivity contribution in [3.8, 4) is 5.75 Å². The summed E-state index contributed by atoms with van der Waals surface area (Å²) in [7, 11) is 0. The summed E-state index contributed by atoms with van der Waals surface area (Å²) in [4.78, 5) is 12.0. The predicted octanol–water partition coefficient (Wildman–Crippen LogP) is 7.09. The van der Waals surface area contributed by atoms with Crippen molar-refractivity contribution in [1.29, 1.82) is 0 Å². The number of carbonyl (C=O) groups excluding carboxylic acids is 1. The molecule has 0 spiro atoms. The van der Waals surface area contributed by atoms with Gasteiger partial charge in [0.15, 0.2) is 0 Å². The lowest BCUT2D eigenvalue weighted by Crippen LogP contribution is -2.28. The number of benzene rings is 1. The topological polar surface area (TPSA) is 50.4 Å². The van der Waals surface area contributed by atoms with E-state index in [0.717, 1.165) is 24.4 Å². The van der Waals surface area contributed by atoms with Gasteiger partial charge in [0.1, 0.15) is 5.75 Å². The molecular weight excluding hydrogens is 372 g/mol. The first-order chi connectivity index (χ1) is 14.8. The molecule has 0 radical (unpaired) electrons. The Labute approximate surface area is 185 Å². The monoisotopic (exact) mass is 418 g/mol. The van der Waals surface area contributed by atoms with Crippen LogP contribution in [0.3, 0.4) is 0 Å². The van der Waals surface area contributed by atoms with E-state index in [9.17, 15) is 4.79 Å². The largest absolute Gasteiger partial charge is 0.494 e. The van der Waals surface area contributed by atoms with E-state index < -0.39 is 0 Å². The summed E-state index contributed by atoms with van der Waals surface area (Å²) in [6.45, 7) is 6.16. The van der Waals surface area contributed by atoms with Crippen molar-refractivity contribution >= 4 is 11.6 Å². The van der Waals surface area contributed by atoms with Crippen LogP contribution in [-0.2, 0) is 4.79 Å². The first-order valence-corrected chi connectivity index (χ1v) is 12.5. The minimum Gasteiger partial charge on any atom is -0.494 e. The number of anilines is 1. The Hall–Kier alpha value is -1.55. The van der Waals surface area contributed by atoms with E-state index >= 15 is 0 Å². The second kappa shape index (κ2) is 19.4. The highest BCUT2D eigenvalue weighted by Crippen LogP contribution is 2.15. The van der Waals surface area contributed by atoms with E-state index in [2.05, 4.69) is 17.6 Å². The molecular formula is C26H46N2O2. The Morgan fingerprint density at radius 1 is 0.733 bits per heavy atom. The molecule has 0 saturated carbocycles. The highest BCUT2D eigenvalue weighted by Gasteiger charge is 2.02. The number of rotatable bonds is 20. The van der Waals surface area contributed by atoms with Crippen LogP contribution in [0.15, 0.2) is 24.3 Å². The highest BCUT2D eigenvalue weighted by molar-refractivity contribution is 5.92. The fraction of sp³-hybridized carbons (Fsp3) is 0.731. The number of ether oxygens (including phenoxy) is 1. The third-order valence-corrected chi connectivity index (χ3v) is 5.44. The lowest BCUT2D eigenvalue weighted by molar-refractivity contribution is -0.115. The molecule has 0 aliphatic carbocycles. The van der Waals surface area contributed by atoms with Gasteiger partial charge in [0, 0.05) is 5.69 Å². The van der Waals surface area contributed by atoms with E-state index in [1.807, 2.05) is 31.2 Å². The van der Waals surface area contributed by atoms with Gasteiger partial charge in [-0.1, -0.05) is 90.4 Å². The van der Waals surface area contributed by atoms with E-state index in [1.165, 1.54) is 83.5 Å². The van der Waals surface area contributed by atoms with Gasteiger partial charge >= 0.3 is 0 Å². The summed E-state index contributed by atoms with van der Waals surface area (Å²) in [5.41, 5.74) is 0.807. The second-order valence-electron chi connectivity index (χ2n) is 8.28. The minimum atomic E-state index is 0.00419. The van der Waals surface area contributed by atoms with Crippen LogP contribution in [0.25, 0.3) is 0 Å². The summed E-state index contributed by atoms with van der Waals surface area (Å²) in [5.74, 6) is 0.830. The van der Waals surface area contributed by atoms with Crippen LogP contribution < -0.4 is 15.4 Å². The Morgan fingerprint density at radius 3 is 1.73 bits per heavy atom. The summed E-state index contributed by atoms with van der Waals surface area (Å²) in [6, 6.07) is 7.50. The van der Waals surface area contributed by atoms with Crippen LogP contribution in [0.5, 0.6) is 5.75 Å². The summed E-state index contributed by atoms with van der Waals surface area (Å²) >= 11 is 0. The molecule has 1 aromatic carbocycles. The van der Waals surface area contributed by atoms with Crippen molar-refractivity contribution in [3.63, 3.8) is 0 Å². The van der Waals surface area contributed by atoms with Crippen LogP contribution in [-0.4, -0.2) is 25.6 Å². The van der Waals surface area contributed by atoms with Crippen LogP contribution in [0.4, 0.5) is 5.69 Å². The molecule has 30 heavy (non-hydrogen) atoms. The van der Waals surface area contributed by atoms with Crippen molar-refractivity contribution in [3.05, 3.63) is 24.3 Å².